The van der Waals surface area contributed by atoms with Crippen LogP contribution in [0.1, 0.15) is 5.56 Å². The van der Waals surface area contributed by atoms with Crippen molar-refractivity contribution >= 4 is 27.5 Å². The Balaban J connectivity index is 2.34. The fourth-order valence-electron chi connectivity index (χ4n) is 1.39. The third-order valence-corrected chi connectivity index (χ3v) is 4.17. The molecular weight excluding hydrogens is 270 g/mol. The van der Waals surface area contributed by atoms with Crippen molar-refractivity contribution in [3.63, 3.8) is 0 Å². The third-order valence-electron chi connectivity index (χ3n) is 2.27. The molecule has 0 spiro atoms. The van der Waals surface area contributed by atoms with E-state index in [-0.39, 0.29) is 9.92 Å². The highest BCUT2D eigenvalue weighted by atomic mass is 35.5. The number of benzene rings is 1. The minimum Gasteiger partial charge on any atom is -0.264 e. The lowest BCUT2D eigenvalue weighted by Crippen LogP contribution is -1.96. The molecule has 3 nitrogen and oxygen atoms in total. The maximum atomic E-state index is 12.0. The predicted octanol–water partition coefficient (Wildman–Crippen LogP) is 3.18. The van der Waals surface area contributed by atoms with Gasteiger partial charge in [-0.2, -0.15) is 0 Å². The van der Waals surface area contributed by atoms with Crippen LogP contribution in [0.5, 0.6) is 0 Å². The topological polar surface area (TPSA) is 47.0 Å². The zero-order valence-corrected chi connectivity index (χ0v) is 10.9. The van der Waals surface area contributed by atoms with Crippen LogP contribution in [0, 0.1) is 0 Å². The minimum absolute atomic E-state index is 0.104. The summed E-state index contributed by atoms with van der Waals surface area (Å²) in [6.07, 6.45) is 4.70. The molecule has 0 aliphatic rings. The Kier molecular flexibility index (Phi) is 3.79. The molecule has 1 heterocycles. The predicted molar refractivity (Wildman–Crippen MR) is 71.9 cm³/mol. The Hall–Kier alpha value is -1.65. The average Bonchev–Trinajstić information content (AvgIpc) is 2.38. The molecule has 0 N–H and O–H groups in total. The molecular formula is C13H10ClNO2S. The first-order chi connectivity index (χ1) is 8.59. The molecule has 0 fully saturated rings. The van der Waals surface area contributed by atoms with Gasteiger partial charge < -0.3 is 0 Å². The summed E-state index contributed by atoms with van der Waals surface area (Å²) in [5, 5.41) is 1.35. The van der Waals surface area contributed by atoms with E-state index in [1.54, 1.807) is 42.7 Å². The molecule has 0 aliphatic heterocycles. The van der Waals surface area contributed by atoms with E-state index >= 15 is 0 Å². The maximum Gasteiger partial charge on any atom is 0.201 e. The van der Waals surface area contributed by atoms with Gasteiger partial charge in [0.1, 0.15) is 0 Å². The fraction of sp³-hybridized carbons (Fsp3) is 0. The van der Waals surface area contributed by atoms with Gasteiger partial charge in [-0.25, -0.2) is 8.42 Å². The third kappa shape index (κ3) is 2.97. The molecule has 0 atom stereocenters. The normalized spacial score (nSPS) is 11.8. The lowest BCUT2D eigenvalue weighted by atomic mass is 10.3. The largest absolute Gasteiger partial charge is 0.264 e. The summed E-state index contributed by atoms with van der Waals surface area (Å²) >= 11 is 5.87. The summed E-state index contributed by atoms with van der Waals surface area (Å²) in [5.41, 5.74) is 0.716. The number of hydrogen-bond donors (Lipinski definition) is 0. The van der Waals surface area contributed by atoms with Crippen molar-refractivity contribution in [2.45, 2.75) is 4.90 Å². The lowest BCUT2D eigenvalue weighted by Gasteiger charge is -2.01. The summed E-state index contributed by atoms with van der Waals surface area (Å²) in [4.78, 5) is 4.01. The Labute approximate surface area is 111 Å². The molecule has 2 aromatic rings. The van der Waals surface area contributed by atoms with Crippen LogP contribution in [-0.4, -0.2) is 13.4 Å². The van der Waals surface area contributed by atoms with Crippen LogP contribution in [0.15, 0.2) is 59.1 Å². The molecule has 5 heteroatoms. The number of hydrogen-bond acceptors (Lipinski definition) is 3. The summed E-state index contributed by atoms with van der Waals surface area (Å²) in [6.45, 7) is 0. The van der Waals surface area contributed by atoms with Crippen molar-refractivity contribution in [1.29, 1.82) is 0 Å². The van der Waals surface area contributed by atoms with Crippen molar-refractivity contribution < 1.29 is 8.42 Å². The molecule has 1 aromatic carbocycles. The first-order valence-corrected chi connectivity index (χ1v) is 7.10. The molecule has 18 heavy (non-hydrogen) atoms. The van der Waals surface area contributed by atoms with E-state index in [2.05, 4.69) is 4.98 Å². The first kappa shape index (κ1) is 12.8. The number of pyridine rings is 1. The molecule has 0 amide bonds. The summed E-state index contributed by atoms with van der Waals surface area (Å²) in [6, 6.07) is 9.86. The zero-order valence-electron chi connectivity index (χ0n) is 9.32. The Morgan fingerprint density at radius 2 is 1.89 bits per heavy atom. The van der Waals surface area contributed by atoms with Gasteiger partial charge >= 0.3 is 0 Å². The van der Waals surface area contributed by atoms with Gasteiger partial charge in [0.25, 0.3) is 0 Å². The van der Waals surface area contributed by atoms with Gasteiger partial charge in [0.05, 0.1) is 9.92 Å². The van der Waals surface area contributed by atoms with Crippen LogP contribution < -0.4 is 0 Å². The van der Waals surface area contributed by atoms with Gasteiger partial charge in [0.2, 0.25) is 9.84 Å². The second-order valence-corrected chi connectivity index (χ2v) is 5.77. The van der Waals surface area contributed by atoms with Crippen LogP contribution in [0.4, 0.5) is 0 Å². The lowest BCUT2D eigenvalue weighted by molar-refractivity contribution is 0.605. The quantitative estimate of drug-likeness (QED) is 0.867. The SMILES string of the molecule is O=S(=O)(/C=C/c1cccnc1)c1ccccc1Cl. The molecule has 1 aromatic heterocycles. The molecule has 92 valence electrons. The summed E-state index contributed by atoms with van der Waals surface area (Å²) in [7, 11) is -3.53. The van der Waals surface area contributed by atoms with Gasteiger partial charge in [-0.15, -0.1) is 0 Å². The fourth-order valence-corrected chi connectivity index (χ4v) is 2.94. The number of nitrogens with zero attached hydrogens (tertiary/aromatic N) is 1. The second kappa shape index (κ2) is 5.33. The van der Waals surface area contributed by atoms with Crippen molar-refractivity contribution in [2.75, 3.05) is 0 Å². The van der Waals surface area contributed by atoms with Crippen LogP contribution in [0.3, 0.4) is 0 Å². The molecule has 0 radical (unpaired) electrons. The summed E-state index contributed by atoms with van der Waals surface area (Å²) in [5.74, 6) is 0. The highest BCUT2D eigenvalue weighted by Crippen LogP contribution is 2.22. The Morgan fingerprint density at radius 3 is 2.56 bits per heavy atom. The number of sulfone groups is 1. The molecule has 0 bridgehead atoms. The van der Waals surface area contributed by atoms with Gasteiger partial charge in [-0.1, -0.05) is 29.8 Å². The monoisotopic (exact) mass is 279 g/mol. The van der Waals surface area contributed by atoms with E-state index < -0.39 is 9.84 Å². The van der Waals surface area contributed by atoms with Gasteiger partial charge in [-0.3, -0.25) is 4.98 Å². The van der Waals surface area contributed by atoms with Crippen molar-refractivity contribution in [3.05, 3.63) is 64.8 Å². The van der Waals surface area contributed by atoms with Crippen LogP contribution in [0.25, 0.3) is 6.08 Å². The van der Waals surface area contributed by atoms with E-state index in [0.29, 0.717) is 5.56 Å². The number of rotatable bonds is 3. The van der Waals surface area contributed by atoms with E-state index in [0.717, 1.165) is 5.41 Å². The highest BCUT2D eigenvalue weighted by molar-refractivity contribution is 7.94. The number of aromatic nitrogens is 1. The van der Waals surface area contributed by atoms with Gasteiger partial charge in [-0.05, 0) is 29.8 Å². The van der Waals surface area contributed by atoms with Gasteiger partial charge in [0.15, 0.2) is 0 Å². The molecule has 0 unspecified atom stereocenters. The standard InChI is InChI=1S/C13H10ClNO2S/c14-12-5-1-2-6-13(12)18(16,17)9-7-11-4-3-8-15-10-11/h1-10H/b9-7+. The Morgan fingerprint density at radius 1 is 1.11 bits per heavy atom. The second-order valence-electron chi connectivity index (χ2n) is 3.56. The highest BCUT2D eigenvalue weighted by Gasteiger charge is 2.13. The maximum absolute atomic E-state index is 12.0. The average molecular weight is 280 g/mol. The smallest absolute Gasteiger partial charge is 0.201 e. The minimum atomic E-state index is -3.53. The van der Waals surface area contributed by atoms with E-state index in [9.17, 15) is 8.42 Å². The van der Waals surface area contributed by atoms with Crippen molar-refractivity contribution in [3.8, 4) is 0 Å². The van der Waals surface area contributed by atoms with Crippen molar-refractivity contribution in [1.82, 2.24) is 4.98 Å². The van der Waals surface area contributed by atoms with Crippen LogP contribution in [-0.2, 0) is 9.84 Å². The summed E-state index contributed by atoms with van der Waals surface area (Å²) < 4.78 is 24.1. The zero-order chi connectivity index (χ0) is 13.0. The van der Waals surface area contributed by atoms with E-state index in [1.807, 2.05) is 0 Å². The molecule has 0 saturated heterocycles. The molecule has 0 saturated carbocycles. The first-order valence-electron chi connectivity index (χ1n) is 5.17. The van der Waals surface area contributed by atoms with Crippen LogP contribution >= 0.6 is 11.6 Å². The Bertz CT molecular complexity index is 666. The van der Waals surface area contributed by atoms with E-state index in [1.165, 1.54) is 12.1 Å². The molecule has 2 rings (SSSR count). The van der Waals surface area contributed by atoms with Crippen LogP contribution in [0.2, 0.25) is 5.02 Å². The number of halogens is 1. The van der Waals surface area contributed by atoms with Crippen molar-refractivity contribution in [2.24, 2.45) is 0 Å². The van der Waals surface area contributed by atoms with Gasteiger partial charge in [0, 0.05) is 17.8 Å². The van der Waals surface area contributed by atoms with E-state index in [4.69, 9.17) is 11.6 Å². The molecule has 0 aliphatic carbocycles.